The number of H-pyrrole nitrogens is 1. The number of phenols is 1. The van der Waals surface area contributed by atoms with Gasteiger partial charge in [-0.1, -0.05) is 11.6 Å². The molecule has 154 valence electrons. The molecule has 7 heteroatoms. The van der Waals surface area contributed by atoms with Crippen LogP contribution in [0.1, 0.15) is 31.4 Å². The number of fused-ring (bicyclic) bond motifs is 3. The molecule has 1 fully saturated rings. The number of pyridine rings is 1. The number of aromatic amines is 1. The molecular formula is C23H22ClN3O3. The van der Waals surface area contributed by atoms with E-state index in [0.717, 1.165) is 51.7 Å². The SMILES string of the molecule is COc1cc2c(-c3ccc(O)c(Cl)c3)nc3[nH]nc(C)c3c2cc1OC1CCCC1. The van der Waals surface area contributed by atoms with Gasteiger partial charge in [-0.2, -0.15) is 5.10 Å². The summed E-state index contributed by atoms with van der Waals surface area (Å²) in [4.78, 5) is 4.82. The van der Waals surface area contributed by atoms with Crippen molar-refractivity contribution < 1.29 is 14.6 Å². The minimum Gasteiger partial charge on any atom is -0.506 e. The smallest absolute Gasteiger partial charge is 0.162 e. The third-order valence-electron chi connectivity index (χ3n) is 5.80. The van der Waals surface area contributed by atoms with Crippen molar-refractivity contribution >= 4 is 33.4 Å². The summed E-state index contributed by atoms with van der Waals surface area (Å²) in [7, 11) is 1.65. The molecule has 1 aliphatic carbocycles. The number of hydrogen-bond acceptors (Lipinski definition) is 5. The van der Waals surface area contributed by atoms with Crippen LogP contribution in [0.25, 0.3) is 33.1 Å². The van der Waals surface area contributed by atoms with Crippen LogP contribution in [0.5, 0.6) is 17.2 Å². The molecule has 6 nitrogen and oxygen atoms in total. The minimum atomic E-state index is 0.0352. The zero-order chi connectivity index (χ0) is 20.8. The molecule has 0 radical (unpaired) electrons. The number of rotatable bonds is 4. The summed E-state index contributed by atoms with van der Waals surface area (Å²) in [5.74, 6) is 1.44. The molecule has 0 bridgehead atoms. The molecule has 0 aliphatic heterocycles. The zero-order valence-electron chi connectivity index (χ0n) is 16.8. The summed E-state index contributed by atoms with van der Waals surface area (Å²) in [6, 6.07) is 9.08. The number of ether oxygens (including phenoxy) is 2. The monoisotopic (exact) mass is 423 g/mol. The summed E-state index contributed by atoms with van der Waals surface area (Å²) >= 11 is 6.17. The van der Waals surface area contributed by atoms with Gasteiger partial charge in [-0.25, -0.2) is 4.98 Å². The number of nitrogens with one attached hydrogen (secondary N) is 1. The fourth-order valence-electron chi connectivity index (χ4n) is 4.27. The lowest BCUT2D eigenvalue weighted by atomic mass is 10.00. The summed E-state index contributed by atoms with van der Waals surface area (Å²) in [6.07, 6.45) is 4.74. The van der Waals surface area contributed by atoms with Crippen molar-refractivity contribution in [2.75, 3.05) is 7.11 Å². The number of methoxy groups -OCH3 is 1. The van der Waals surface area contributed by atoms with Gasteiger partial charge in [0.15, 0.2) is 17.1 Å². The van der Waals surface area contributed by atoms with E-state index in [1.807, 2.05) is 19.1 Å². The van der Waals surface area contributed by atoms with E-state index in [-0.39, 0.29) is 16.9 Å². The normalized spacial score (nSPS) is 14.6. The van der Waals surface area contributed by atoms with Crippen LogP contribution >= 0.6 is 11.6 Å². The summed E-state index contributed by atoms with van der Waals surface area (Å²) in [5.41, 5.74) is 3.09. The number of aromatic nitrogens is 3. The molecule has 30 heavy (non-hydrogen) atoms. The van der Waals surface area contributed by atoms with Crippen molar-refractivity contribution in [3.63, 3.8) is 0 Å². The predicted octanol–water partition coefficient (Wildman–Crippen LogP) is 5.78. The van der Waals surface area contributed by atoms with E-state index in [1.54, 1.807) is 25.3 Å². The number of nitrogens with zero attached hydrogens (tertiary/aromatic N) is 2. The predicted molar refractivity (Wildman–Crippen MR) is 118 cm³/mol. The average Bonchev–Trinajstić information content (AvgIpc) is 3.39. The fraction of sp³-hybridized carbons (Fsp3) is 0.304. The van der Waals surface area contributed by atoms with Gasteiger partial charge in [0.25, 0.3) is 0 Å². The number of aryl methyl sites for hydroxylation is 1. The highest BCUT2D eigenvalue weighted by molar-refractivity contribution is 6.32. The van der Waals surface area contributed by atoms with Gasteiger partial charge in [0, 0.05) is 21.7 Å². The molecule has 2 aromatic carbocycles. The summed E-state index contributed by atoms with van der Waals surface area (Å²) in [6.45, 7) is 1.96. The van der Waals surface area contributed by atoms with E-state index in [0.29, 0.717) is 11.4 Å². The van der Waals surface area contributed by atoms with Gasteiger partial charge in [0.05, 0.1) is 29.6 Å². The van der Waals surface area contributed by atoms with E-state index >= 15 is 0 Å². The van der Waals surface area contributed by atoms with Crippen LogP contribution in [0, 0.1) is 6.92 Å². The lowest BCUT2D eigenvalue weighted by molar-refractivity contribution is 0.201. The Morgan fingerprint density at radius 3 is 2.60 bits per heavy atom. The van der Waals surface area contributed by atoms with Gasteiger partial charge < -0.3 is 14.6 Å². The number of phenolic OH excluding ortho intramolecular Hbond substituents is 1. The lowest BCUT2D eigenvalue weighted by Crippen LogP contribution is -2.11. The van der Waals surface area contributed by atoms with Gasteiger partial charge in [0.1, 0.15) is 5.75 Å². The Hall–Kier alpha value is -2.99. The molecule has 1 aliphatic rings. The maximum Gasteiger partial charge on any atom is 0.162 e. The Kier molecular flexibility index (Phi) is 4.66. The Morgan fingerprint density at radius 2 is 1.87 bits per heavy atom. The van der Waals surface area contributed by atoms with Crippen LogP contribution in [-0.2, 0) is 0 Å². The second-order valence-corrected chi connectivity index (χ2v) is 8.14. The second kappa shape index (κ2) is 7.36. The molecule has 2 heterocycles. The van der Waals surface area contributed by atoms with Gasteiger partial charge >= 0.3 is 0 Å². The third-order valence-corrected chi connectivity index (χ3v) is 6.10. The molecule has 1 saturated carbocycles. The highest BCUT2D eigenvalue weighted by atomic mass is 35.5. The first-order valence-electron chi connectivity index (χ1n) is 10.1. The van der Waals surface area contributed by atoms with E-state index in [4.69, 9.17) is 26.1 Å². The largest absolute Gasteiger partial charge is 0.506 e. The Balaban J connectivity index is 1.78. The highest BCUT2D eigenvalue weighted by Crippen LogP contribution is 2.42. The van der Waals surface area contributed by atoms with Crippen LogP contribution in [0.4, 0.5) is 0 Å². The topological polar surface area (TPSA) is 80.3 Å². The standard InChI is InChI=1S/C23H22ClN3O3/c1-12-21-15-10-20(30-14-5-3-4-6-14)19(29-2)11-16(15)22(25-23(21)27-26-12)13-7-8-18(28)17(24)9-13/h7-11,14,28H,3-6H2,1-2H3,(H,25,26,27). The molecule has 0 spiro atoms. The van der Waals surface area contributed by atoms with Gasteiger partial charge in [-0.05, 0) is 62.9 Å². The van der Waals surface area contributed by atoms with Crippen molar-refractivity contribution in [1.29, 1.82) is 0 Å². The van der Waals surface area contributed by atoms with Crippen molar-refractivity contribution in [2.24, 2.45) is 0 Å². The molecular weight excluding hydrogens is 402 g/mol. The molecule has 0 atom stereocenters. The van der Waals surface area contributed by atoms with Crippen molar-refractivity contribution in [3.05, 3.63) is 41.0 Å². The molecule has 0 amide bonds. The molecule has 4 aromatic rings. The molecule has 2 N–H and O–H groups in total. The van der Waals surface area contributed by atoms with Crippen LogP contribution in [0.15, 0.2) is 30.3 Å². The molecule has 2 aromatic heterocycles. The van der Waals surface area contributed by atoms with E-state index in [9.17, 15) is 5.11 Å². The molecule has 0 unspecified atom stereocenters. The van der Waals surface area contributed by atoms with Crippen LogP contribution < -0.4 is 9.47 Å². The first-order valence-corrected chi connectivity index (χ1v) is 10.4. The minimum absolute atomic E-state index is 0.0352. The fourth-order valence-corrected chi connectivity index (χ4v) is 4.45. The van der Waals surface area contributed by atoms with E-state index in [2.05, 4.69) is 10.2 Å². The number of hydrogen-bond donors (Lipinski definition) is 2. The summed E-state index contributed by atoms with van der Waals surface area (Å²) in [5, 5.41) is 20.3. The quantitative estimate of drug-likeness (QED) is 0.435. The van der Waals surface area contributed by atoms with Crippen molar-refractivity contribution in [1.82, 2.24) is 15.2 Å². The Morgan fingerprint density at radius 1 is 1.10 bits per heavy atom. The van der Waals surface area contributed by atoms with Crippen LogP contribution in [-0.4, -0.2) is 33.5 Å². The number of aromatic hydroxyl groups is 1. The van der Waals surface area contributed by atoms with Gasteiger partial charge in [0.2, 0.25) is 0 Å². The molecule has 0 saturated heterocycles. The van der Waals surface area contributed by atoms with Crippen LogP contribution in [0.3, 0.4) is 0 Å². The zero-order valence-corrected chi connectivity index (χ0v) is 17.6. The number of benzene rings is 2. The molecule has 5 rings (SSSR count). The first-order chi connectivity index (χ1) is 14.5. The average molecular weight is 424 g/mol. The number of halogens is 1. The van der Waals surface area contributed by atoms with Gasteiger partial charge in [-0.3, -0.25) is 5.10 Å². The van der Waals surface area contributed by atoms with Crippen molar-refractivity contribution in [2.45, 2.75) is 38.7 Å². The van der Waals surface area contributed by atoms with E-state index < -0.39 is 0 Å². The maximum absolute atomic E-state index is 9.83. The Labute approximate surface area is 178 Å². The Bertz CT molecular complexity index is 1260. The second-order valence-electron chi connectivity index (χ2n) is 7.73. The summed E-state index contributed by atoms with van der Waals surface area (Å²) < 4.78 is 12.0. The van der Waals surface area contributed by atoms with E-state index in [1.165, 1.54) is 12.8 Å². The van der Waals surface area contributed by atoms with Gasteiger partial charge in [-0.15, -0.1) is 0 Å². The van der Waals surface area contributed by atoms with Crippen LogP contribution in [0.2, 0.25) is 5.02 Å². The maximum atomic E-state index is 9.83. The van der Waals surface area contributed by atoms with Crippen molar-refractivity contribution in [3.8, 4) is 28.5 Å². The highest BCUT2D eigenvalue weighted by Gasteiger charge is 2.22. The third kappa shape index (κ3) is 3.12. The first kappa shape index (κ1) is 19.0. The lowest BCUT2D eigenvalue weighted by Gasteiger charge is -2.18.